The van der Waals surface area contributed by atoms with Crippen molar-refractivity contribution < 1.29 is 19.0 Å². The topological polar surface area (TPSA) is 56.8 Å². The van der Waals surface area contributed by atoms with Crippen LogP contribution in [0.15, 0.2) is 24.3 Å². The van der Waals surface area contributed by atoms with Crippen LogP contribution in [0.2, 0.25) is 0 Å². The summed E-state index contributed by atoms with van der Waals surface area (Å²) in [6.45, 7) is 6.92. The van der Waals surface area contributed by atoms with Gasteiger partial charge in [-0.25, -0.2) is 4.79 Å². The molecule has 0 amide bonds. The third-order valence-corrected chi connectivity index (χ3v) is 3.08. The summed E-state index contributed by atoms with van der Waals surface area (Å²) in [6.07, 6.45) is 0.928. The first-order valence-corrected chi connectivity index (χ1v) is 7.24. The van der Waals surface area contributed by atoms with Gasteiger partial charge in [-0.1, -0.05) is 6.92 Å². The van der Waals surface area contributed by atoms with E-state index >= 15 is 0 Å². The van der Waals surface area contributed by atoms with Gasteiger partial charge in [-0.2, -0.15) is 0 Å². The van der Waals surface area contributed by atoms with Crippen LogP contribution in [-0.4, -0.2) is 38.4 Å². The number of rotatable bonds is 9. The van der Waals surface area contributed by atoms with Gasteiger partial charge in [-0.3, -0.25) is 5.32 Å². The fourth-order valence-electron chi connectivity index (χ4n) is 1.77. The zero-order valence-electron chi connectivity index (χ0n) is 13.3. The maximum absolute atomic E-state index is 12.1. The molecular weight excluding hydrogens is 270 g/mol. The van der Waals surface area contributed by atoms with Crippen LogP contribution >= 0.6 is 0 Å². The molecule has 0 bridgehead atoms. The van der Waals surface area contributed by atoms with Gasteiger partial charge in [-0.05, 0) is 51.1 Å². The number of benzene rings is 1. The molecule has 0 spiro atoms. The number of methoxy groups -OCH3 is 1. The van der Waals surface area contributed by atoms with Crippen LogP contribution in [0.1, 0.15) is 27.2 Å². The quantitative estimate of drug-likeness (QED) is 0.709. The normalized spacial score (nSPS) is 13.3. The Kier molecular flexibility index (Phi) is 7.02. The molecule has 5 nitrogen and oxygen atoms in total. The van der Waals surface area contributed by atoms with Gasteiger partial charge < -0.3 is 14.2 Å². The molecule has 1 rings (SSSR count). The molecule has 1 N–H and O–H groups in total. The smallest absolute Gasteiger partial charge is 0.329 e. The molecule has 1 aromatic carbocycles. The van der Waals surface area contributed by atoms with Crippen molar-refractivity contribution in [3.8, 4) is 11.5 Å². The minimum atomic E-state index is -0.855. The second kappa shape index (κ2) is 8.52. The Balaban J connectivity index is 2.68. The monoisotopic (exact) mass is 295 g/mol. The second-order valence-electron chi connectivity index (χ2n) is 4.94. The Labute approximate surface area is 126 Å². The highest BCUT2D eigenvalue weighted by Gasteiger charge is 2.35. The molecule has 0 fully saturated rings. The predicted molar refractivity (Wildman–Crippen MR) is 81.8 cm³/mol. The molecule has 1 atom stereocenters. The number of ether oxygens (including phenoxy) is 3. The minimum absolute atomic E-state index is 0.207. The molecule has 0 radical (unpaired) electrons. The zero-order valence-corrected chi connectivity index (χ0v) is 13.3. The first kappa shape index (κ1) is 17.3. The molecule has 1 aromatic rings. The number of carbonyl (C=O) groups excluding carboxylic acids is 1. The fraction of sp³-hybridized carbons (Fsp3) is 0.562. The molecule has 0 aliphatic rings. The lowest BCUT2D eigenvalue weighted by atomic mass is 10.0. The maximum Gasteiger partial charge on any atom is 0.329 e. The van der Waals surface area contributed by atoms with E-state index in [4.69, 9.17) is 14.2 Å². The summed E-state index contributed by atoms with van der Waals surface area (Å²) >= 11 is 0. The Morgan fingerprint density at radius 1 is 1.19 bits per heavy atom. The van der Waals surface area contributed by atoms with E-state index in [0.717, 1.165) is 18.7 Å². The van der Waals surface area contributed by atoms with Crippen molar-refractivity contribution in [1.82, 2.24) is 5.32 Å². The van der Waals surface area contributed by atoms with E-state index in [9.17, 15) is 4.79 Å². The maximum atomic E-state index is 12.1. The Hall–Kier alpha value is -1.75. The Morgan fingerprint density at radius 3 is 2.33 bits per heavy atom. The summed E-state index contributed by atoms with van der Waals surface area (Å²) < 4.78 is 15.9. The van der Waals surface area contributed by atoms with E-state index < -0.39 is 5.54 Å². The van der Waals surface area contributed by atoms with E-state index in [0.29, 0.717) is 12.4 Å². The average molecular weight is 295 g/mol. The molecule has 118 valence electrons. The van der Waals surface area contributed by atoms with Crippen LogP contribution in [-0.2, 0) is 9.53 Å². The van der Waals surface area contributed by atoms with Crippen LogP contribution in [0.5, 0.6) is 11.5 Å². The molecule has 0 saturated carbocycles. The Morgan fingerprint density at radius 2 is 1.81 bits per heavy atom. The van der Waals surface area contributed by atoms with Gasteiger partial charge in [0, 0.05) is 0 Å². The zero-order chi connectivity index (χ0) is 15.7. The molecule has 0 aliphatic heterocycles. The lowest BCUT2D eigenvalue weighted by Crippen LogP contribution is -2.55. The number of hydrogen-bond donors (Lipinski definition) is 1. The van der Waals surface area contributed by atoms with E-state index in [2.05, 4.69) is 5.32 Å². The molecule has 21 heavy (non-hydrogen) atoms. The van der Waals surface area contributed by atoms with Gasteiger partial charge in [0.15, 0.2) is 0 Å². The number of carbonyl (C=O) groups is 1. The standard InChI is InChI=1S/C16H25NO4/c1-5-11-17-16(3,15(18)20-6-2)12-21-14-9-7-13(19-4)8-10-14/h7-10,17H,5-6,11-12H2,1-4H3. The summed E-state index contributed by atoms with van der Waals surface area (Å²) in [5, 5.41) is 3.20. The molecule has 5 heteroatoms. The van der Waals surface area contributed by atoms with Crippen molar-refractivity contribution in [3.05, 3.63) is 24.3 Å². The summed E-state index contributed by atoms with van der Waals surface area (Å²) in [5.41, 5.74) is -0.855. The van der Waals surface area contributed by atoms with Crippen molar-refractivity contribution in [2.75, 3.05) is 26.9 Å². The first-order chi connectivity index (χ1) is 10.1. The number of hydrogen-bond acceptors (Lipinski definition) is 5. The number of nitrogens with one attached hydrogen (secondary N) is 1. The van der Waals surface area contributed by atoms with E-state index in [1.54, 1.807) is 21.0 Å². The molecule has 1 unspecified atom stereocenters. The van der Waals surface area contributed by atoms with E-state index in [1.807, 2.05) is 31.2 Å². The predicted octanol–water partition coefficient (Wildman–Crippen LogP) is 2.40. The molecular formula is C16H25NO4. The SMILES string of the molecule is CCCNC(C)(COc1ccc(OC)cc1)C(=O)OCC. The fourth-order valence-corrected chi connectivity index (χ4v) is 1.77. The molecule has 0 aromatic heterocycles. The lowest BCUT2D eigenvalue weighted by molar-refractivity contribution is -0.151. The van der Waals surface area contributed by atoms with Crippen molar-refractivity contribution in [2.24, 2.45) is 0 Å². The largest absolute Gasteiger partial charge is 0.497 e. The van der Waals surface area contributed by atoms with Gasteiger partial charge in [0.25, 0.3) is 0 Å². The third-order valence-electron chi connectivity index (χ3n) is 3.08. The van der Waals surface area contributed by atoms with Gasteiger partial charge in [-0.15, -0.1) is 0 Å². The van der Waals surface area contributed by atoms with Crippen LogP contribution < -0.4 is 14.8 Å². The second-order valence-corrected chi connectivity index (χ2v) is 4.94. The lowest BCUT2D eigenvalue weighted by Gasteiger charge is -2.28. The summed E-state index contributed by atoms with van der Waals surface area (Å²) in [7, 11) is 1.61. The van der Waals surface area contributed by atoms with Crippen molar-refractivity contribution >= 4 is 5.97 Å². The summed E-state index contributed by atoms with van der Waals surface area (Å²) in [6, 6.07) is 7.25. The van der Waals surface area contributed by atoms with Crippen LogP contribution in [0.4, 0.5) is 0 Å². The summed E-state index contributed by atoms with van der Waals surface area (Å²) in [4.78, 5) is 12.1. The van der Waals surface area contributed by atoms with Gasteiger partial charge in [0.1, 0.15) is 23.6 Å². The highest BCUT2D eigenvalue weighted by Crippen LogP contribution is 2.19. The molecule has 0 aliphatic carbocycles. The highest BCUT2D eigenvalue weighted by molar-refractivity contribution is 5.80. The van der Waals surface area contributed by atoms with Gasteiger partial charge in [0.2, 0.25) is 0 Å². The number of esters is 1. The Bertz CT molecular complexity index is 432. The average Bonchev–Trinajstić information content (AvgIpc) is 2.51. The minimum Gasteiger partial charge on any atom is -0.497 e. The summed E-state index contributed by atoms with van der Waals surface area (Å²) in [5.74, 6) is 1.15. The van der Waals surface area contributed by atoms with Crippen LogP contribution in [0.3, 0.4) is 0 Å². The van der Waals surface area contributed by atoms with Crippen molar-refractivity contribution in [1.29, 1.82) is 0 Å². The van der Waals surface area contributed by atoms with E-state index in [1.165, 1.54) is 0 Å². The third kappa shape index (κ3) is 5.27. The van der Waals surface area contributed by atoms with Crippen molar-refractivity contribution in [2.45, 2.75) is 32.7 Å². The van der Waals surface area contributed by atoms with Crippen molar-refractivity contribution in [3.63, 3.8) is 0 Å². The molecule has 0 saturated heterocycles. The van der Waals surface area contributed by atoms with Gasteiger partial charge in [0.05, 0.1) is 13.7 Å². The first-order valence-electron chi connectivity index (χ1n) is 7.24. The van der Waals surface area contributed by atoms with Crippen LogP contribution in [0, 0.1) is 0 Å². The highest BCUT2D eigenvalue weighted by atomic mass is 16.5. The molecule has 0 heterocycles. The van der Waals surface area contributed by atoms with Crippen LogP contribution in [0.25, 0.3) is 0 Å². The van der Waals surface area contributed by atoms with Gasteiger partial charge >= 0.3 is 5.97 Å². The van der Waals surface area contributed by atoms with E-state index in [-0.39, 0.29) is 12.6 Å².